The number of rotatable bonds is 3. The minimum atomic E-state index is -0.503. The van der Waals surface area contributed by atoms with E-state index in [2.05, 4.69) is 10.4 Å². The molecule has 3 aromatic rings. The number of benzene rings is 2. The zero-order chi connectivity index (χ0) is 14.8. The Kier molecular flexibility index (Phi) is 3.84. The molecule has 3 nitrogen and oxygen atoms in total. The first-order valence-electron chi connectivity index (χ1n) is 6.45. The van der Waals surface area contributed by atoms with Gasteiger partial charge in [-0.15, -0.1) is 0 Å². The Morgan fingerprint density at radius 1 is 1.10 bits per heavy atom. The molecule has 3 rings (SSSR count). The molecule has 21 heavy (non-hydrogen) atoms. The number of hydrogen-bond acceptors (Lipinski definition) is 3. The summed E-state index contributed by atoms with van der Waals surface area (Å²) >= 11 is 5.86. The number of pyridine rings is 1. The Labute approximate surface area is 126 Å². The van der Waals surface area contributed by atoms with Crippen molar-refractivity contribution < 1.29 is 4.39 Å². The molecule has 0 bridgehead atoms. The van der Waals surface area contributed by atoms with Gasteiger partial charge in [0.15, 0.2) is 0 Å². The van der Waals surface area contributed by atoms with Gasteiger partial charge in [-0.05, 0) is 23.1 Å². The molecule has 0 saturated carbocycles. The van der Waals surface area contributed by atoms with E-state index < -0.39 is 11.9 Å². The first-order valence-corrected chi connectivity index (χ1v) is 6.83. The molecule has 0 radical (unpaired) electrons. The summed E-state index contributed by atoms with van der Waals surface area (Å²) in [5.41, 5.74) is 3.92. The molecule has 1 unspecified atom stereocenters. The van der Waals surface area contributed by atoms with Crippen LogP contribution in [0.1, 0.15) is 17.2 Å². The first kappa shape index (κ1) is 13.9. The number of nitrogens with two attached hydrogens (primary N) is 1. The molecule has 106 valence electrons. The summed E-state index contributed by atoms with van der Waals surface area (Å²) in [5, 5.41) is 2.01. The largest absolute Gasteiger partial charge is 0.271 e. The standard InChI is InChI=1S/C16H13ClFN3/c17-14-6-2-5-12(15(14)18)16(21-19)11-4-1-3-10-7-8-20-9-13(10)11/h1-9,16,21H,19H2. The topological polar surface area (TPSA) is 50.9 Å². The maximum Gasteiger partial charge on any atom is 0.146 e. The third-order valence-electron chi connectivity index (χ3n) is 3.49. The average Bonchev–Trinajstić information content (AvgIpc) is 2.52. The summed E-state index contributed by atoms with van der Waals surface area (Å²) in [4.78, 5) is 4.14. The summed E-state index contributed by atoms with van der Waals surface area (Å²) in [6.07, 6.45) is 3.47. The normalized spacial score (nSPS) is 12.5. The molecule has 0 spiro atoms. The van der Waals surface area contributed by atoms with Crippen LogP contribution < -0.4 is 11.3 Å². The van der Waals surface area contributed by atoms with Crippen LogP contribution in [0.25, 0.3) is 10.8 Å². The molecule has 0 fully saturated rings. The summed E-state index contributed by atoms with van der Waals surface area (Å²) in [6, 6.07) is 12.1. The number of hydrazine groups is 1. The van der Waals surface area contributed by atoms with Gasteiger partial charge in [0, 0.05) is 23.3 Å². The first-order chi connectivity index (χ1) is 10.2. The minimum absolute atomic E-state index is 0.0751. The maximum atomic E-state index is 14.3. The average molecular weight is 302 g/mol. The number of nitrogens with zero attached hydrogens (tertiary/aromatic N) is 1. The fourth-order valence-corrected chi connectivity index (χ4v) is 2.66. The highest BCUT2D eigenvalue weighted by Gasteiger charge is 2.20. The maximum absolute atomic E-state index is 14.3. The van der Waals surface area contributed by atoms with Gasteiger partial charge >= 0.3 is 0 Å². The number of hydrogen-bond donors (Lipinski definition) is 2. The SMILES string of the molecule is NNC(c1cccc(Cl)c1F)c1cccc2ccncc12. The molecule has 0 saturated heterocycles. The minimum Gasteiger partial charge on any atom is -0.271 e. The van der Waals surface area contributed by atoms with Crippen LogP contribution in [0.2, 0.25) is 5.02 Å². The number of nitrogens with one attached hydrogen (secondary N) is 1. The van der Waals surface area contributed by atoms with Crippen molar-refractivity contribution >= 4 is 22.4 Å². The van der Waals surface area contributed by atoms with E-state index in [1.807, 2.05) is 24.3 Å². The molecule has 0 amide bonds. The lowest BCUT2D eigenvalue weighted by molar-refractivity contribution is 0.562. The van der Waals surface area contributed by atoms with Gasteiger partial charge in [0.1, 0.15) is 5.82 Å². The molecule has 1 atom stereocenters. The highest BCUT2D eigenvalue weighted by atomic mass is 35.5. The van der Waals surface area contributed by atoms with E-state index in [1.165, 1.54) is 6.07 Å². The Bertz CT molecular complexity index is 786. The van der Waals surface area contributed by atoms with Crippen LogP contribution in [0.5, 0.6) is 0 Å². The van der Waals surface area contributed by atoms with E-state index in [0.29, 0.717) is 5.56 Å². The summed E-state index contributed by atoms with van der Waals surface area (Å²) in [5.74, 6) is 5.20. The smallest absolute Gasteiger partial charge is 0.146 e. The predicted octanol–water partition coefficient (Wildman–Crippen LogP) is 3.58. The van der Waals surface area contributed by atoms with Crippen molar-refractivity contribution in [2.24, 2.45) is 5.84 Å². The van der Waals surface area contributed by atoms with Gasteiger partial charge in [-0.3, -0.25) is 10.8 Å². The molecule has 1 aromatic heterocycles. The van der Waals surface area contributed by atoms with Crippen LogP contribution in [0.3, 0.4) is 0 Å². The second-order valence-electron chi connectivity index (χ2n) is 4.69. The molecule has 3 N–H and O–H groups in total. The molecule has 0 aliphatic rings. The van der Waals surface area contributed by atoms with E-state index in [-0.39, 0.29) is 5.02 Å². The molecular weight excluding hydrogens is 289 g/mol. The van der Waals surface area contributed by atoms with Crippen LogP contribution in [-0.4, -0.2) is 4.98 Å². The van der Waals surface area contributed by atoms with Crippen LogP contribution >= 0.6 is 11.6 Å². The van der Waals surface area contributed by atoms with Gasteiger partial charge in [0.25, 0.3) is 0 Å². The molecule has 5 heteroatoms. The number of fused-ring (bicyclic) bond motifs is 1. The summed E-state index contributed by atoms with van der Waals surface area (Å²) < 4.78 is 14.3. The van der Waals surface area contributed by atoms with E-state index in [9.17, 15) is 4.39 Å². The molecule has 2 aromatic carbocycles. The lowest BCUT2D eigenvalue weighted by Gasteiger charge is -2.19. The third-order valence-corrected chi connectivity index (χ3v) is 3.78. The van der Waals surface area contributed by atoms with Crippen LogP contribution in [0.15, 0.2) is 54.9 Å². The van der Waals surface area contributed by atoms with E-state index in [4.69, 9.17) is 17.4 Å². The van der Waals surface area contributed by atoms with Crippen molar-refractivity contribution in [2.45, 2.75) is 6.04 Å². The van der Waals surface area contributed by atoms with Crippen LogP contribution in [0, 0.1) is 5.82 Å². The second kappa shape index (κ2) is 5.77. The highest BCUT2D eigenvalue weighted by Crippen LogP contribution is 2.31. The fourth-order valence-electron chi connectivity index (χ4n) is 2.48. The van der Waals surface area contributed by atoms with Crippen molar-refractivity contribution in [1.29, 1.82) is 0 Å². The predicted molar refractivity (Wildman–Crippen MR) is 82.3 cm³/mol. The molecule has 1 heterocycles. The molecule has 0 aliphatic heterocycles. The van der Waals surface area contributed by atoms with Gasteiger partial charge in [-0.25, -0.2) is 9.82 Å². The van der Waals surface area contributed by atoms with Crippen molar-refractivity contribution in [1.82, 2.24) is 10.4 Å². The Morgan fingerprint density at radius 2 is 1.86 bits per heavy atom. The lowest BCUT2D eigenvalue weighted by Crippen LogP contribution is -2.29. The number of aromatic nitrogens is 1. The Hall–Kier alpha value is -2.01. The van der Waals surface area contributed by atoms with Crippen molar-refractivity contribution in [3.05, 3.63) is 76.8 Å². The molecule has 0 aliphatic carbocycles. The zero-order valence-corrected chi connectivity index (χ0v) is 11.8. The Balaban J connectivity index is 2.21. The zero-order valence-electron chi connectivity index (χ0n) is 11.1. The lowest BCUT2D eigenvalue weighted by atomic mass is 9.95. The summed E-state index contributed by atoms with van der Waals surface area (Å²) in [7, 11) is 0. The third kappa shape index (κ3) is 2.49. The van der Waals surface area contributed by atoms with E-state index in [1.54, 1.807) is 24.5 Å². The van der Waals surface area contributed by atoms with Crippen molar-refractivity contribution in [2.75, 3.05) is 0 Å². The fraction of sp³-hybridized carbons (Fsp3) is 0.0625. The van der Waals surface area contributed by atoms with Crippen LogP contribution in [-0.2, 0) is 0 Å². The van der Waals surface area contributed by atoms with Gasteiger partial charge in [-0.2, -0.15) is 0 Å². The van der Waals surface area contributed by atoms with Gasteiger partial charge < -0.3 is 0 Å². The highest BCUT2D eigenvalue weighted by molar-refractivity contribution is 6.30. The quantitative estimate of drug-likeness (QED) is 0.574. The van der Waals surface area contributed by atoms with Crippen molar-refractivity contribution in [3.63, 3.8) is 0 Å². The second-order valence-corrected chi connectivity index (χ2v) is 5.09. The van der Waals surface area contributed by atoms with Gasteiger partial charge in [-0.1, -0.05) is 41.9 Å². The number of halogens is 2. The van der Waals surface area contributed by atoms with Gasteiger partial charge in [0.05, 0.1) is 11.1 Å². The van der Waals surface area contributed by atoms with E-state index in [0.717, 1.165) is 16.3 Å². The van der Waals surface area contributed by atoms with E-state index >= 15 is 0 Å². The monoisotopic (exact) mass is 301 g/mol. The Morgan fingerprint density at radius 3 is 2.67 bits per heavy atom. The van der Waals surface area contributed by atoms with Crippen molar-refractivity contribution in [3.8, 4) is 0 Å². The van der Waals surface area contributed by atoms with Gasteiger partial charge in [0.2, 0.25) is 0 Å². The molecular formula is C16H13ClFN3. The van der Waals surface area contributed by atoms with Crippen LogP contribution in [0.4, 0.5) is 4.39 Å². The summed E-state index contributed by atoms with van der Waals surface area (Å²) in [6.45, 7) is 0.